The van der Waals surface area contributed by atoms with Crippen molar-refractivity contribution in [1.29, 1.82) is 0 Å². The molecule has 6 N–H and O–H groups in total. The van der Waals surface area contributed by atoms with Gasteiger partial charge in [0.1, 0.15) is 0 Å². The SMILES string of the molecule is Cc1cc(O)c(O)cc1CCNCCCCCCNCCc1cc(O)c(O)cc1C. The van der Waals surface area contributed by atoms with Crippen molar-refractivity contribution in [2.45, 2.75) is 52.4 Å². The Labute approximate surface area is 179 Å². The average molecular weight is 417 g/mol. The van der Waals surface area contributed by atoms with Crippen LogP contribution >= 0.6 is 0 Å². The topological polar surface area (TPSA) is 105 Å². The second-order valence-electron chi connectivity index (χ2n) is 7.95. The van der Waals surface area contributed by atoms with E-state index < -0.39 is 0 Å². The van der Waals surface area contributed by atoms with E-state index in [9.17, 15) is 20.4 Å². The van der Waals surface area contributed by atoms with Gasteiger partial charge in [-0.2, -0.15) is 0 Å². The van der Waals surface area contributed by atoms with Crippen molar-refractivity contribution >= 4 is 0 Å². The lowest BCUT2D eigenvalue weighted by Crippen LogP contribution is -2.20. The van der Waals surface area contributed by atoms with Crippen molar-refractivity contribution in [1.82, 2.24) is 10.6 Å². The summed E-state index contributed by atoms with van der Waals surface area (Å²) in [5.74, 6) is -0.233. The smallest absolute Gasteiger partial charge is 0.157 e. The van der Waals surface area contributed by atoms with Crippen LogP contribution in [-0.2, 0) is 12.8 Å². The maximum Gasteiger partial charge on any atom is 0.157 e. The number of rotatable bonds is 13. The number of unbranched alkanes of at least 4 members (excludes halogenated alkanes) is 3. The number of benzene rings is 2. The molecule has 0 heterocycles. The number of nitrogens with one attached hydrogen (secondary N) is 2. The van der Waals surface area contributed by atoms with Gasteiger partial charge < -0.3 is 31.1 Å². The van der Waals surface area contributed by atoms with Crippen molar-refractivity contribution < 1.29 is 20.4 Å². The van der Waals surface area contributed by atoms with Crippen LogP contribution < -0.4 is 10.6 Å². The Morgan fingerprint density at radius 2 is 0.900 bits per heavy atom. The molecular formula is C24H36N2O4. The molecule has 0 fully saturated rings. The first kappa shape index (κ1) is 23.8. The van der Waals surface area contributed by atoms with Gasteiger partial charge in [0.25, 0.3) is 0 Å². The second kappa shape index (κ2) is 12.3. The summed E-state index contributed by atoms with van der Waals surface area (Å²) in [6.45, 7) is 7.58. The minimum Gasteiger partial charge on any atom is -0.504 e. The molecule has 166 valence electrons. The minimum absolute atomic E-state index is 0.0550. The maximum atomic E-state index is 9.60. The van der Waals surface area contributed by atoms with Crippen molar-refractivity contribution in [3.05, 3.63) is 46.5 Å². The van der Waals surface area contributed by atoms with Gasteiger partial charge >= 0.3 is 0 Å². The Balaban J connectivity index is 1.45. The average Bonchev–Trinajstić information content (AvgIpc) is 2.70. The van der Waals surface area contributed by atoms with Gasteiger partial charge in [0.2, 0.25) is 0 Å². The van der Waals surface area contributed by atoms with Crippen LogP contribution in [0.2, 0.25) is 0 Å². The summed E-state index contributed by atoms with van der Waals surface area (Å²) < 4.78 is 0. The number of aromatic hydroxyl groups is 4. The molecule has 0 amide bonds. The minimum atomic E-state index is -0.0616. The fraction of sp³-hybridized carbons (Fsp3) is 0.500. The number of phenols is 4. The third kappa shape index (κ3) is 7.76. The summed E-state index contributed by atoms with van der Waals surface area (Å²) in [7, 11) is 0. The zero-order valence-corrected chi connectivity index (χ0v) is 18.2. The van der Waals surface area contributed by atoms with Gasteiger partial charge in [-0.15, -0.1) is 0 Å². The summed E-state index contributed by atoms with van der Waals surface area (Å²) in [5, 5.41) is 45.0. The van der Waals surface area contributed by atoms with E-state index >= 15 is 0 Å². The monoisotopic (exact) mass is 416 g/mol. The number of hydrogen-bond acceptors (Lipinski definition) is 6. The van der Waals surface area contributed by atoms with Crippen LogP contribution in [0.4, 0.5) is 0 Å². The summed E-state index contributed by atoms with van der Waals surface area (Å²) in [6, 6.07) is 6.50. The van der Waals surface area contributed by atoms with Crippen LogP contribution in [0.15, 0.2) is 24.3 Å². The van der Waals surface area contributed by atoms with Gasteiger partial charge in [0, 0.05) is 0 Å². The maximum absolute atomic E-state index is 9.60. The summed E-state index contributed by atoms with van der Waals surface area (Å²) >= 11 is 0. The van der Waals surface area contributed by atoms with Crippen molar-refractivity contribution in [3.8, 4) is 23.0 Å². The summed E-state index contributed by atoms with van der Waals surface area (Å²) in [4.78, 5) is 0. The first-order chi connectivity index (χ1) is 14.4. The van der Waals surface area contributed by atoms with Gasteiger partial charge in [-0.25, -0.2) is 0 Å². The molecule has 0 aliphatic carbocycles. The molecule has 0 bridgehead atoms. The van der Waals surface area contributed by atoms with Crippen LogP contribution in [0.1, 0.15) is 47.9 Å². The van der Waals surface area contributed by atoms with E-state index in [4.69, 9.17) is 0 Å². The van der Waals surface area contributed by atoms with E-state index in [2.05, 4.69) is 10.6 Å². The number of hydrogen-bond donors (Lipinski definition) is 6. The van der Waals surface area contributed by atoms with Crippen molar-refractivity contribution in [2.75, 3.05) is 26.2 Å². The van der Waals surface area contributed by atoms with Crippen LogP contribution in [0, 0.1) is 13.8 Å². The molecule has 0 spiro atoms. The Morgan fingerprint density at radius 3 is 1.30 bits per heavy atom. The molecule has 2 rings (SSSR count). The predicted octanol–water partition coefficient (Wildman–Crippen LogP) is 3.65. The van der Waals surface area contributed by atoms with Crippen molar-refractivity contribution in [3.63, 3.8) is 0 Å². The molecule has 2 aromatic carbocycles. The molecule has 6 nitrogen and oxygen atoms in total. The zero-order valence-electron chi connectivity index (χ0n) is 18.2. The van der Waals surface area contributed by atoms with Gasteiger partial charge in [0.05, 0.1) is 0 Å². The highest BCUT2D eigenvalue weighted by Gasteiger charge is 2.06. The number of phenolic OH excluding ortho intramolecular Hbond substituents is 4. The van der Waals surface area contributed by atoms with E-state index in [1.54, 1.807) is 24.3 Å². The summed E-state index contributed by atoms with van der Waals surface area (Å²) in [6.07, 6.45) is 6.35. The van der Waals surface area contributed by atoms with Gasteiger partial charge in [0.15, 0.2) is 23.0 Å². The zero-order chi connectivity index (χ0) is 21.9. The van der Waals surface area contributed by atoms with E-state index in [0.717, 1.165) is 74.1 Å². The van der Waals surface area contributed by atoms with Crippen LogP contribution in [0.25, 0.3) is 0 Å². The van der Waals surface area contributed by atoms with E-state index in [-0.39, 0.29) is 23.0 Å². The molecule has 0 saturated heterocycles. The second-order valence-corrected chi connectivity index (χ2v) is 7.95. The van der Waals surface area contributed by atoms with Gasteiger partial charge in [-0.1, -0.05) is 12.8 Å². The Morgan fingerprint density at radius 1 is 0.533 bits per heavy atom. The lowest BCUT2D eigenvalue weighted by atomic mass is 10.0. The molecule has 0 atom stereocenters. The van der Waals surface area contributed by atoms with Gasteiger partial charge in [-0.3, -0.25) is 0 Å². The van der Waals surface area contributed by atoms with Crippen LogP contribution in [-0.4, -0.2) is 46.6 Å². The highest BCUT2D eigenvalue weighted by molar-refractivity contribution is 5.45. The molecule has 0 saturated carbocycles. The van der Waals surface area contributed by atoms with E-state index in [0.29, 0.717) is 0 Å². The molecule has 0 radical (unpaired) electrons. The fourth-order valence-electron chi connectivity index (χ4n) is 3.54. The van der Waals surface area contributed by atoms with Crippen molar-refractivity contribution in [2.24, 2.45) is 0 Å². The van der Waals surface area contributed by atoms with Crippen LogP contribution in [0.5, 0.6) is 23.0 Å². The van der Waals surface area contributed by atoms with E-state index in [1.165, 1.54) is 12.8 Å². The lowest BCUT2D eigenvalue weighted by molar-refractivity contribution is 0.402. The molecular weight excluding hydrogens is 380 g/mol. The third-order valence-corrected chi connectivity index (χ3v) is 5.47. The normalized spacial score (nSPS) is 11.1. The Hall–Kier alpha value is -2.44. The molecule has 0 aliphatic heterocycles. The van der Waals surface area contributed by atoms with Gasteiger partial charge in [-0.05, 0) is 112 Å². The highest BCUT2D eigenvalue weighted by atomic mass is 16.3. The summed E-state index contributed by atoms with van der Waals surface area (Å²) in [5.41, 5.74) is 4.11. The first-order valence-electron chi connectivity index (χ1n) is 10.8. The predicted molar refractivity (Wildman–Crippen MR) is 121 cm³/mol. The molecule has 0 aromatic heterocycles. The molecule has 2 aromatic rings. The fourth-order valence-corrected chi connectivity index (χ4v) is 3.54. The highest BCUT2D eigenvalue weighted by Crippen LogP contribution is 2.28. The molecule has 30 heavy (non-hydrogen) atoms. The molecule has 0 aliphatic rings. The largest absolute Gasteiger partial charge is 0.504 e. The first-order valence-corrected chi connectivity index (χ1v) is 10.8. The van der Waals surface area contributed by atoms with Crippen LogP contribution in [0.3, 0.4) is 0 Å². The third-order valence-electron chi connectivity index (χ3n) is 5.47. The van der Waals surface area contributed by atoms with E-state index in [1.807, 2.05) is 13.8 Å². The number of aryl methyl sites for hydroxylation is 2. The standard InChI is InChI=1S/C24H36N2O4/c1-17-13-21(27)23(29)15-19(17)7-11-25-9-5-3-4-6-10-26-12-8-20-16-24(30)22(28)14-18(20)2/h13-16,25-30H,3-12H2,1-2H3. The lowest BCUT2D eigenvalue weighted by Gasteiger charge is -2.10. The quantitative estimate of drug-likeness (QED) is 0.220. The molecule has 0 unspecified atom stereocenters. The Bertz CT molecular complexity index is 741. The Kier molecular flexibility index (Phi) is 9.77. The molecule has 6 heteroatoms.